The molecule has 0 bridgehead atoms. The van der Waals surface area contributed by atoms with E-state index in [9.17, 15) is 16.8 Å². The third kappa shape index (κ3) is 1.53. The van der Waals surface area contributed by atoms with Crippen molar-refractivity contribution in [3.05, 3.63) is 9.75 Å². The van der Waals surface area contributed by atoms with Gasteiger partial charge in [-0.25, -0.2) is 16.8 Å². The first-order chi connectivity index (χ1) is 6.76. The molecule has 0 aromatic carbocycles. The number of fused-ring (bicyclic) bond motifs is 1. The van der Waals surface area contributed by atoms with Gasteiger partial charge in [0.25, 0.3) is 0 Å². The second kappa shape index (κ2) is 3.05. The highest BCUT2D eigenvalue weighted by Crippen LogP contribution is 2.38. The van der Waals surface area contributed by atoms with Gasteiger partial charge in [0, 0.05) is 9.75 Å². The first-order valence-electron chi connectivity index (χ1n) is 4.31. The van der Waals surface area contributed by atoms with E-state index in [1.807, 2.05) is 0 Å². The van der Waals surface area contributed by atoms with Crippen LogP contribution in [0.4, 0.5) is 0 Å². The van der Waals surface area contributed by atoms with Crippen molar-refractivity contribution in [3.63, 3.8) is 0 Å². The minimum atomic E-state index is -3.39. The Hall–Kier alpha value is -0.400. The molecule has 0 amide bonds. The van der Waals surface area contributed by atoms with Crippen molar-refractivity contribution in [2.24, 2.45) is 0 Å². The normalized spacial score (nSPS) is 22.3. The molecule has 0 unspecified atom stereocenters. The van der Waals surface area contributed by atoms with Crippen LogP contribution in [0.15, 0.2) is 9.79 Å². The molecule has 1 aromatic heterocycles. The minimum Gasteiger partial charge on any atom is -0.224 e. The maximum atomic E-state index is 11.7. The van der Waals surface area contributed by atoms with Gasteiger partial charge in [0.1, 0.15) is 0 Å². The molecule has 1 aliphatic heterocycles. The Morgan fingerprint density at radius 3 is 1.53 bits per heavy atom. The van der Waals surface area contributed by atoms with Gasteiger partial charge < -0.3 is 0 Å². The van der Waals surface area contributed by atoms with Crippen LogP contribution in [-0.4, -0.2) is 28.3 Å². The van der Waals surface area contributed by atoms with Crippen LogP contribution in [-0.2, 0) is 19.7 Å². The minimum absolute atomic E-state index is 0.0382. The predicted octanol–water partition coefficient (Wildman–Crippen LogP) is 0.926. The lowest BCUT2D eigenvalue weighted by atomic mass is 10.4. The number of thiophene rings is 1. The van der Waals surface area contributed by atoms with E-state index in [-0.39, 0.29) is 21.3 Å². The zero-order valence-corrected chi connectivity index (χ0v) is 10.7. The van der Waals surface area contributed by atoms with E-state index in [2.05, 4.69) is 0 Å². The van der Waals surface area contributed by atoms with E-state index in [4.69, 9.17) is 0 Å². The molecule has 0 N–H and O–H groups in total. The van der Waals surface area contributed by atoms with Crippen molar-refractivity contribution in [1.82, 2.24) is 0 Å². The van der Waals surface area contributed by atoms with Crippen LogP contribution in [0, 0.1) is 13.8 Å². The van der Waals surface area contributed by atoms with Gasteiger partial charge in [-0.15, -0.1) is 11.3 Å². The quantitative estimate of drug-likeness (QED) is 0.700. The molecule has 0 radical (unpaired) electrons. The topological polar surface area (TPSA) is 68.3 Å². The molecule has 2 heterocycles. The fourth-order valence-electron chi connectivity index (χ4n) is 1.79. The first kappa shape index (κ1) is 11.1. The van der Waals surface area contributed by atoms with E-state index >= 15 is 0 Å². The molecule has 0 saturated carbocycles. The van der Waals surface area contributed by atoms with Crippen molar-refractivity contribution in [3.8, 4) is 0 Å². The Labute approximate surface area is 92.8 Å². The van der Waals surface area contributed by atoms with Gasteiger partial charge in [0.05, 0.1) is 21.3 Å². The number of hydrogen-bond donors (Lipinski definition) is 0. The Morgan fingerprint density at radius 2 is 1.20 bits per heavy atom. The van der Waals surface area contributed by atoms with Crippen molar-refractivity contribution < 1.29 is 16.8 Å². The molecule has 15 heavy (non-hydrogen) atoms. The van der Waals surface area contributed by atoms with Crippen molar-refractivity contribution >= 4 is 31.0 Å². The average molecular weight is 266 g/mol. The molecule has 1 aliphatic rings. The second-order valence-electron chi connectivity index (χ2n) is 3.51. The summed E-state index contributed by atoms with van der Waals surface area (Å²) in [7, 11) is -6.78. The summed E-state index contributed by atoms with van der Waals surface area (Å²) in [6, 6.07) is 0. The maximum Gasteiger partial charge on any atom is 0.181 e. The molecule has 7 heteroatoms. The number of aryl methyl sites for hydroxylation is 2. The van der Waals surface area contributed by atoms with Gasteiger partial charge in [-0.3, -0.25) is 0 Å². The van der Waals surface area contributed by atoms with Crippen LogP contribution in [0.3, 0.4) is 0 Å². The lowest BCUT2D eigenvalue weighted by Crippen LogP contribution is -2.25. The third-order valence-corrected chi connectivity index (χ3v) is 7.81. The van der Waals surface area contributed by atoms with Crippen molar-refractivity contribution in [1.29, 1.82) is 0 Å². The molecule has 0 aliphatic carbocycles. The fourth-order valence-corrected chi connectivity index (χ4v) is 8.45. The summed E-state index contributed by atoms with van der Waals surface area (Å²) in [6.45, 7) is 3.30. The molecule has 0 saturated heterocycles. The Morgan fingerprint density at radius 1 is 0.867 bits per heavy atom. The maximum absolute atomic E-state index is 11.7. The van der Waals surface area contributed by atoms with E-state index in [0.29, 0.717) is 9.75 Å². The van der Waals surface area contributed by atoms with Gasteiger partial charge in [-0.1, -0.05) is 0 Å². The number of sulfone groups is 2. The number of hydrogen-bond acceptors (Lipinski definition) is 5. The number of rotatable bonds is 0. The highest BCUT2D eigenvalue weighted by Gasteiger charge is 2.37. The van der Waals surface area contributed by atoms with Crippen LogP contribution in [0.5, 0.6) is 0 Å². The monoisotopic (exact) mass is 266 g/mol. The van der Waals surface area contributed by atoms with Crippen LogP contribution in [0.1, 0.15) is 9.75 Å². The fraction of sp³-hybridized carbons (Fsp3) is 0.500. The Kier molecular flexibility index (Phi) is 2.26. The Balaban J connectivity index is 2.97. The predicted molar refractivity (Wildman–Crippen MR) is 57.9 cm³/mol. The summed E-state index contributed by atoms with van der Waals surface area (Å²) >= 11 is 1.23. The molecule has 2 rings (SSSR count). The lowest BCUT2D eigenvalue weighted by molar-refractivity contribution is 0.575. The molecular weight excluding hydrogens is 256 g/mol. The van der Waals surface area contributed by atoms with E-state index < -0.39 is 19.7 Å². The molecule has 0 spiro atoms. The van der Waals surface area contributed by atoms with Crippen LogP contribution < -0.4 is 0 Å². The molecular formula is C8H10O4S3. The summed E-state index contributed by atoms with van der Waals surface area (Å²) in [5, 5.41) is 0. The molecule has 4 nitrogen and oxygen atoms in total. The van der Waals surface area contributed by atoms with Crippen LogP contribution >= 0.6 is 11.3 Å². The lowest BCUT2D eigenvalue weighted by Gasteiger charge is -2.14. The molecule has 84 valence electrons. The highest BCUT2D eigenvalue weighted by molar-refractivity contribution is 7.98. The zero-order valence-electron chi connectivity index (χ0n) is 8.27. The largest absolute Gasteiger partial charge is 0.224 e. The smallest absolute Gasteiger partial charge is 0.181 e. The van der Waals surface area contributed by atoms with Gasteiger partial charge in [-0.05, 0) is 13.8 Å². The van der Waals surface area contributed by atoms with E-state index in [1.54, 1.807) is 13.8 Å². The third-order valence-electron chi connectivity index (χ3n) is 2.39. The standard InChI is InChI=1S/C8H10O4S3/c1-5-7-8(6(2)13-5)15(11,12)4-3-14(7,9)10/h3-4H2,1-2H3. The van der Waals surface area contributed by atoms with Crippen molar-refractivity contribution in [2.75, 3.05) is 11.5 Å². The summed E-state index contributed by atoms with van der Waals surface area (Å²) < 4.78 is 46.9. The average Bonchev–Trinajstić information content (AvgIpc) is 2.38. The summed E-state index contributed by atoms with van der Waals surface area (Å²) in [4.78, 5) is 1.23. The second-order valence-corrected chi connectivity index (χ2v) is 9.03. The van der Waals surface area contributed by atoms with Gasteiger partial charge >= 0.3 is 0 Å². The van der Waals surface area contributed by atoms with Crippen LogP contribution in [0.25, 0.3) is 0 Å². The summed E-state index contributed by atoms with van der Waals surface area (Å²) in [5.41, 5.74) is 0. The van der Waals surface area contributed by atoms with Gasteiger partial charge in [0.15, 0.2) is 19.7 Å². The molecule has 0 atom stereocenters. The SMILES string of the molecule is Cc1sc(C)c2c1S(=O)(=O)CCS2(=O)=O. The summed E-state index contributed by atoms with van der Waals surface area (Å²) in [6.07, 6.45) is 0. The van der Waals surface area contributed by atoms with Crippen molar-refractivity contribution in [2.45, 2.75) is 23.6 Å². The van der Waals surface area contributed by atoms with Gasteiger partial charge in [-0.2, -0.15) is 0 Å². The highest BCUT2D eigenvalue weighted by atomic mass is 32.2. The first-order valence-corrected chi connectivity index (χ1v) is 8.43. The van der Waals surface area contributed by atoms with Gasteiger partial charge in [0.2, 0.25) is 0 Å². The molecule has 0 fully saturated rings. The summed E-state index contributed by atoms with van der Waals surface area (Å²) in [5.74, 6) is -0.585. The van der Waals surface area contributed by atoms with Crippen LogP contribution in [0.2, 0.25) is 0 Å². The Bertz CT molecular complexity index is 565. The molecule has 1 aromatic rings. The van der Waals surface area contributed by atoms with E-state index in [0.717, 1.165) is 0 Å². The van der Waals surface area contributed by atoms with E-state index in [1.165, 1.54) is 11.3 Å². The zero-order chi connectivity index (χ0) is 11.4.